The van der Waals surface area contributed by atoms with Gasteiger partial charge in [0.25, 0.3) is 5.91 Å². The summed E-state index contributed by atoms with van der Waals surface area (Å²) in [6.07, 6.45) is 1.76. The van der Waals surface area contributed by atoms with E-state index in [1.807, 2.05) is 35.8 Å². The lowest BCUT2D eigenvalue weighted by Gasteiger charge is -2.11. The molecule has 0 saturated heterocycles. The summed E-state index contributed by atoms with van der Waals surface area (Å²) in [7, 11) is 1.63. The number of carbonyl (C=O) groups is 1. The van der Waals surface area contributed by atoms with Crippen LogP contribution >= 0.6 is 0 Å². The smallest absolute Gasteiger partial charge is 0.272 e. The number of anilines is 2. The quantitative estimate of drug-likeness (QED) is 0.879. The molecule has 1 aromatic carbocycles. The summed E-state index contributed by atoms with van der Waals surface area (Å²) in [5.74, 6) is -0.174. The second kappa shape index (κ2) is 6.25. The van der Waals surface area contributed by atoms with Gasteiger partial charge in [0.05, 0.1) is 12.3 Å². The standard InChI is InChI=1S/C15H19N3O2/c1-3-18-9-12(16)8-14(18)15(19)17-13-7-5-4-6-11(13)10-20-2/h4-9H,3,10,16H2,1-2H3,(H,17,19). The second-order valence-corrected chi connectivity index (χ2v) is 4.49. The average molecular weight is 273 g/mol. The first-order valence-electron chi connectivity index (χ1n) is 6.49. The molecule has 0 radical (unpaired) electrons. The maximum Gasteiger partial charge on any atom is 0.272 e. The SMILES string of the molecule is CCn1cc(N)cc1C(=O)Nc1ccccc1COC. The van der Waals surface area contributed by atoms with Gasteiger partial charge in [0, 0.05) is 31.1 Å². The highest BCUT2D eigenvalue weighted by atomic mass is 16.5. The second-order valence-electron chi connectivity index (χ2n) is 4.49. The van der Waals surface area contributed by atoms with Crippen molar-refractivity contribution in [1.29, 1.82) is 0 Å². The molecule has 0 fully saturated rings. The van der Waals surface area contributed by atoms with Crippen LogP contribution in [0.2, 0.25) is 0 Å². The van der Waals surface area contributed by atoms with E-state index in [2.05, 4.69) is 5.32 Å². The Kier molecular flexibility index (Phi) is 4.42. The summed E-state index contributed by atoms with van der Waals surface area (Å²) in [4.78, 5) is 12.3. The zero-order valence-corrected chi connectivity index (χ0v) is 11.7. The van der Waals surface area contributed by atoms with Crippen molar-refractivity contribution in [3.05, 3.63) is 47.8 Å². The number of aromatic nitrogens is 1. The van der Waals surface area contributed by atoms with Crippen LogP contribution in [0, 0.1) is 0 Å². The molecule has 2 rings (SSSR count). The fraction of sp³-hybridized carbons (Fsp3) is 0.267. The first-order valence-corrected chi connectivity index (χ1v) is 6.49. The number of para-hydroxylation sites is 1. The average Bonchev–Trinajstić information content (AvgIpc) is 2.82. The Morgan fingerprint density at radius 1 is 1.40 bits per heavy atom. The Balaban J connectivity index is 2.23. The molecule has 0 aliphatic heterocycles. The zero-order chi connectivity index (χ0) is 14.5. The number of methoxy groups -OCH3 is 1. The van der Waals surface area contributed by atoms with Crippen molar-refractivity contribution in [2.24, 2.45) is 0 Å². The van der Waals surface area contributed by atoms with E-state index in [9.17, 15) is 4.79 Å². The van der Waals surface area contributed by atoms with Crippen LogP contribution in [-0.4, -0.2) is 17.6 Å². The number of amides is 1. The lowest BCUT2D eigenvalue weighted by molar-refractivity contribution is 0.101. The van der Waals surface area contributed by atoms with Gasteiger partial charge in [0.15, 0.2) is 0 Å². The topological polar surface area (TPSA) is 69.3 Å². The molecule has 0 spiro atoms. The van der Waals surface area contributed by atoms with Gasteiger partial charge in [-0.15, -0.1) is 0 Å². The number of nitrogens with one attached hydrogen (secondary N) is 1. The highest BCUT2D eigenvalue weighted by molar-refractivity contribution is 6.04. The molecule has 106 valence electrons. The Morgan fingerprint density at radius 2 is 2.15 bits per heavy atom. The Morgan fingerprint density at radius 3 is 2.85 bits per heavy atom. The zero-order valence-electron chi connectivity index (χ0n) is 11.7. The van der Waals surface area contributed by atoms with Gasteiger partial charge >= 0.3 is 0 Å². The van der Waals surface area contributed by atoms with Crippen molar-refractivity contribution in [2.75, 3.05) is 18.2 Å². The molecule has 0 bridgehead atoms. The van der Waals surface area contributed by atoms with Gasteiger partial charge in [0.1, 0.15) is 5.69 Å². The van der Waals surface area contributed by atoms with E-state index in [-0.39, 0.29) is 5.91 Å². The number of benzene rings is 1. The van der Waals surface area contributed by atoms with Crippen LogP contribution in [0.1, 0.15) is 23.0 Å². The van der Waals surface area contributed by atoms with E-state index in [1.165, 1.54) is 0 Å². The lowest BCUT2D eigenvalue weighted by atomic mass is 10.2. The minimum absolute atomic E-state index is 0.174. The summed E-state index contributed by atoms with van der Waals surface area (Å²) in [5.41, 5.74) is 8.57. The van der Waals surface area contributed by atoms with Crippen molar-refractivity contribution < 1.29 is 9.53 Å². The Labute approximate surface area is 118 Å². The van der Waals surface area contributed by atoms with Gasteiger partial charge < -0.3 is 20.4 Å². The number of nitrogen functional groups attached to an aromatic ring is 1. The number of aryl methyl sites for hydroxylation is 1. The molecule has 2 aromatic rings. The van der Waals surface area contributed by atoms with Gasteiger partial charge in [0.2, 0.25) is 0 Å². The summed E-state index contributed by atoms with van der Waals surface area (Å²) < 4.78 is 6.95. The fourth-order valence-electron chi connectivity index (χ4n) is 2.10. The number of nitrogens with two attached hydrogens (primary N) is 1. The summed E-state index contributed by atoms with van der Waals surface area (Å²) >= 11 is 0. The van der Waals surface area contributed by atoms with Gasteiger partial charge in [-0.1, -0.05) is 18.2 Å². The first-order chi connectivity index (χ1) is 9.65. The van der Waals surface area contributed by atoms with E-state index in [1.54, 1.807) is 19.4 Å². The maximum atomic E-state index is 12.3. The highest BCUT2D eigenvalue weighted by Crippen LogP contribution is 2.18. The highest BCUT2D eigenvalue weighted by Gasteiger charge is 2.13. The van der Waals surface area contributed by atoms with Crippen LogP contribution in [0.15, 0.2) is 36.5 Å². The van der Waals surface area contributed by atoms with Crippen LogP contribution in [0.4, 0.5) is 11.4 Å². The molecule has 1 heterocycles. The number of rotatable bonds is 5. The molecular weight excluding hydrogens is 254 g/mol. The molecule has 0 atom stereocenters. The van der Waals surface area contributed by atoms with Crippen molar-refractivity contribution in [2.45, 2.75) is 20.1 Å². The van der Waals surface area contributed by atoms with Crippen molar-refractivity contribution in [3.63, 3.8) is 0 Å². The molecule has 20 heavy (non-hydrogen) atoms. The van der Waals surface area contributed by atoms with Crippen LogP contribution in [0.5, 0.6) is 0 Å². The number of carbonyl (C=O) groups excluding carboxylic acids is 1. The van der Waals surface area contributed by atoms with E-state index in [0.717, 1.165) is 11.3 Å². The molecule has 0 aliphatic rings. The van der Waals surface area contributed by atoms with Crippen molar-refractivity contribution in [1.82, 2.24) is 4.57 Å². The van der Waals surface area contributed by atoms with E-state index in [0.29, 0.717) is 24.5 Å². The monoisotopic (exact) mass is 273 g/mol. The van der Waals surface area contributed by atoms with Crippen LogP contribution < -0.4 is 11.1 Å². The maximum absolute atomic E-state index is 12.3. The van der Waals surface area contributed by atoms with Crippen molar-refractivity contribution >= 4 is 17.3 Å². The molecule has 0 unspecified atom stereocenters. The first kappa shape index (κ1) is 14.1. The largest absolute Gasteiger partial charge is 0.397 e. The summed E-state index contributed by atoms with van der Waals surface area (Å²) in [6.45, 7) is 3.11. The third kappa shape index (κ3) is 3.00. The third-order valence-electron chi connectivity index (χ3n) is 3.06. The molecule has 1 aromatic heterocycles. The number of ether oxygens (including phenoxy) is 1. The number of nitrogens with zero attached hydrogens (tertiary/aromatic N) is 1. The van der Waals surface area contributed by atoms with E-state index < -0.39 is 0 Å². The predicted molar refractivity (Wildman–Crippen MR) is 79.6 cm³/mol. The van der Waals surface area contributed by atoms with Crippen LogP contribution in [0.3, 0.4) is 0 Å². The normalized spacial score (nSPS) is 10.5. The molecule has 3 N–H and O–H groups in total. The summed E-state index contributed by atoms with van der Waals surface area (Å²) in [6, 6.07) is 9.25. The third-order valence-corrected chi connectivity index (χ3v) is 3.06. The number of hydrogen-bond acceptors (Lipinski definition) is 3. The molecule has 5 heteroatoms. The molecule has 1 amide bonds. The van der Waals surface area contributed by atoms with E-state index in [4.69, 9.17) is 10.5 Å². The molecule has 5 nitrogen and oxygen atoms in total. The molecule has 0 aliphatic carbocycles. The minimum atomic E-state index is -0.174. The number of hydrogen-bond donors (Lipinski definition) is 2. The minimum Gasteiger partial charge on any atom is -0.397 e. The van der Waals surface area contributed by atoms with Gasteiger partial charge in [-0.2, -0.15) is 0 Å². The van der Waals surface area contributed by atoms with Crippen LogP contribution in [0.25, 0.3) is 0 Å². The van der Waals surface area contributed by atoms with Gasteiger partial charge in [-0.25, -0.2) is 0 Å². The molecular formula is C15H19N3O2. The fourth-order valence-corrected chi connectivity index (χ4v) is 2.10. The van der Waals surface area contributed by atoms with Gasteiger partial charge in [-0.3, -0.25) is 4.79 Å². The predicted octanol–water partition coefficient (Wildman–Crippen LogP) is 2.49. The van der Waals surface area contributed by atoms with Crippen LogP contribution in [-0.2, 0) is 17.9 Å². The van der Waals surface area contributed by atoms with E-state index >= 15 is 0 Å². The van der Waals surface area contributed by atoms with Gasteiger partial charge in [-0.05, 0) is 19.1 Å². The van der Waals surface area contributed by atoms with Crippen molar-refractivity contribution in [3.8, 4) is 0 Å². The Bertz CT molecular complexity index is 605. The lowest BCUT2D eigenvalue weighted by Crippen LogP contribution is -2.17. The summed E-state index contributed by atoms with van der Waals surface area (Å²) in [5, 5.41) is 2.90. The Hall–Kier alpha value is -2.27. The molecule has 0 saturated carbocycles.